The van der Waals surface area contributed by atoms with Crippen molar-refractivity contribution in [3.63, 3.8) is 0 Å². The molecule has 0 radical (unpaired) electrons. The van der Waals surface area contributed by atoms with Crippen molar-refractivity contribution in [1.29, 1.82) is 0 Å². The van der Waals surface area contributed by atoms with E-state index in [0.717, 1.165) is 10.0 Å². The van der Waals surface area contributed by atoms with Crippen LogP contribution in [-0.2, 0) is 0 Å². The Hall–Kier alpha value is -1.15. The van der Waals surface area contributed by atoms with Crippen LogP contribution in [0.15, 0.2) is 47.2 Å². The van der Waals surface area contributed by atoms with Gasteiger partial charge in [0, 0.05) is 22.4 Å². The smallest absolute Gasteiger partial charge is 0.0357 e. The van der Waals surface area contributed by atoms with Gasteiger partial charge in [-0.25, -0.2) is 0 Å². The SMILES string of the molecule is Cc1ccc(-c2cnccc2Br)cc1. The first-order valence-corrected chi connectivity index (χ1v) is 5.23. The normalized spacial score (nSPS) is 10.1. The van der Waals surface area contributed by atoms with Gasteiger partial charge in [0.1, 0.15) is 0 Å². The highest BCUT2D eigenvalue weighted by atomic mass is 79.9. The lowest BCUT2D eigenvalue weighted by Crippen LogP contribution is -1.81. The number of pyridine rings is 1. The molecule has 14 heavy (non-hydrogen) atoms. The first kappa shape index (κ1) is 9.41. The van der Waals surface area contributed by atoms with E-state index in [2.05, 4.69) is 52.1 Å². The summed E-state index contributed by atoms with van der Waals surface area (Å²) in [6, 6.07) is 10.4. The van der Waals surface area contributed by atoms with Crippen LogP contribution < -0.4 is 0 Å². The van der Waals surface area contributed by atoms with E-state index in [4.69, 9.17) is 0 Å². The molecule has 0 saturated heterocycles. The Bertz CT molecular complexity index is 434. The Balaban J connectivity index is 2.50. The number of aryl methyl sites for hydroxylation is 1. The summed E-state index contributed by atoms with van der Waals surface area (Å²) in [5, 5.41) is 0. The molecule has 0 aliphatic carbocycles. The molecular formula is C12H10BrN. The third-order valence-electron chi connectivity index (χ3n) is 2.13. The van der Waals surface area contributed by atoms with Gasteiger partial charge in [-0.05, 0) is 18.6 Å². The lowest BCUT2D eigenvalue weighted by molar-refractivity contribution is 1.31. The minimum atomic E-state index is 1.08. The minimum absolute atomic E-state index is 1.08. The molecule has 0 amide bonds. The molecule has 70 valence electrons. The fourth-order valence-corrected chi connectivity index (χ4v) is 1.77. The van der Waals surface area contributed by atoms with Gasteiger partial charge in [-0.1, -0.05) is 45.8 Å². The van der Waals surface area contributed by atoms with Gasteiger partial charge in [-0.2, -0.15) is 0 Å². The third kappa shape index (κ3) is 1.85. The maximum atomic E-state index is 4.11. The summed E-state index contributed by atoms with van der Waals surface area (Å²) in [5.74, 6) is 0. The maximum absolute atomic E-state index is 4.11. The van der Waals surface area contributed by atoms with Gasteiger partial charge >= 0.3 is 0 Å². The van der Waals surface area contributed by atoms with Crippen molar-refractivity contribution >= 4 is 15.9 Å². The molecule has 0 atom stereocenters. The van der Waals surface area contributed by atoms with Gasteiger partial charge in [0.15, 0.2) is 0 Å². The molecule has 0 saturated carbocycles. The average Bonchev–Trinajstić information content (AvgIpc) is 2.20. The molecule has 0 aliphatic rings. The van der Waals surface area contributed by atoms with Crippen LogP contribution in [0.5, 0.6) is 0 Å². The fraction of sp³-hybridized carbons (Fsp3) is 0.0833. The Labute approximate surface area is 91.9 Å². The van der Waals surface area contributed by atoms with Crippen LogP contribution in [0, 0.1) is 6.92 Å². The van der Waals surface area contributed by atoms with Crippen LogP contribution in [0.25, 0.3) is 11.1 Å². The molecule has 1 heterocycles. The Morgan fingerprint density at radius 1 is 1.07 bits per heavy atom. The zero-order valence-electron chi connectivity index (χ0n) is 7.87. The molecule has 1 nitrogen and oxygen atoms in total. The number of hydrogen-bond donors (Lipinski definition) is 0. The van der Waals surface area contributed by atoms with Crippen molar-refractivity contribution in [2.45, 2.75) is 6.92 Å². The highest BCUT2D eigenvalue weighted by Crippen LogP contribution is 2.26. The summed E-state index contributed by atoms with van der Waals surface area (Å²) in [7, 11) is 0. The van der Waals surface area contributed by atoms with Gasteiger partial charge in [0.05, 0.1) is 0 Å². The summed E-state index contributed by atoms with van der Waals surface area (Å²) in [6.07, 6.45) is 3.65. The second-order valence-electron chi connectivity index (χ2n) is 3.22. The molecule has 0 aliphatic heterocycles. The van der Waals surface area contributed by atoms with Crippen LogP contribution in [0.2, 0.25) is 0 Å². The van der Waals surface area contributed by atoms with E-state index >= 15 is 0 Å². The van der Waals surface area contributed by atoms with Gasteiger partial charge in [0.2, 0.25) is 0 Å². The monoisotopic (exact) mass is 247 g/mol. The van der Waals surface area contributed by atoms with Crippen LogP contribution >= 0.6 is 15.9 Å². The van der Waals surface area contributed by atoms with E-state index in [9.17, 15) is 0 Å². The molecule has 0 N–H and O–H groups in total. The summed E-state index contributed by atoms with van der Waals surface area (Å²) in [4.78, 5) is 4.11. The number of rotatable bonds is 1. The molecule has 0 fully saturated rings. The Morgan fingerprint density at radius 3 is 2.43 bits per heavy atom. The predicted molar refractivity (Wildman–Crippen MR) is 62.1 cm³/mol. The largest absolute Gasteiger partial charge is 0.264 e. The molecule has 1 aromatic carbocycles. The highest BCUT2D eigenvalue weighted by molar-refractivity contribution is 9.10. The summed E-state index contributed by atoms with van der Waals surface area (Å²) in [5.41, 5.74) is 3.59. The summed E-state index contributed by atoms with van der Waals surface area (Å²) >= 11 is 3.51. The predicted octanol–water partition coefficient (Wildman–Crippen LogP) is 3.82. The van der Waals surface area contributed by atoms with Crippen LogP contribution in [0.4, 0.5) is 0 Å². The topological polar surface area (TPSA) is 12.9 Å². The van der Waals surface area contributed by atoms with Crippen molar-refractivity contribution in [3.05, 3.63) is 52.8 Å². The van der Waals surface area contributed by atoms with Gasteiger partial charge < -0.3 is 0 Å². The van der Waals surface area contributed by atoms with Crippen molar-refractivity contribution in [1.82, 2.24) is 4.98 Å². The molecular weight excluding hydrogens is 238 g/mol. The maximum Gasteiger partial charge on any atom is 0.0357 e. The Kier molecular flexibility index (Phi) is 2.64. The van der Waals surface area contributed by atoms with E-state index in [1.54, 1.807) is 6.20 Å². The third-order valence-corrected chi connectivity index (χ3v) is 2.82. The van der Waals surface area contributed by atoms with Crippen molar-refractivity contribution < 1.29 is 0 Å². The quantitative estimate of drug-likeness (QED) is 0.747. The number of halogens is 1. The number of benzene rings is 1. The zero-order chi connectivity index (χ0) is 9.97. The van der Waals surface area contributed by atoms with Crippen LogP contribution in [0.1, 0.15) is 5.56 Å². The lowest BCUT2D eigenvalue weighted by Gasteiger charge is -2.03. The van der Waals surface area contributed by atoms with Gasteiger partial charge in [0.25, 0.3) is 0 Å². The van der Waals surface area contributed by atoms with E-state index in [-0.39, 0.29) is 0 Å². The van der Waals surface area contributed by atoms with E-state index in [1.807, 2.05) is 12.3 Å². The van der Waals surface area contributed by atoms with Gasteiger partial charge in [-0.3, -0.25) is 4.98 Å². The van der Waals surface area contributed by atoms with Crippen LogP contribution in [-0.4, -0.2) is 4.98 Å². The van der Waals surface area contributed by atoms with Gasteiger partial charge in [-0.15, -0.1) is 0 Å². The number of nitrogens with zero attached hydrogens (tertiary/aromatic N) is 1. The lowest BCUT2D eigenvalue weighted by atomic mass is 10.1. The van der Waals surface area contributed by atoms with Crippen molar-refractivity contribution in [2.75, 3.05) is 0 Å². The number of aromatic nitrogens is 1. The highest BCUT2D eigenvalue weighted by Gasteiger charge is 2.01. The molecule has 2 heteroatoms. The average molecular weight is 248 g/mol. The molecule has 0 bridgehead atoms. The Morgan fingerprint density at radius 2 is 1.79 bits per heavy atom. The van der Waals surface area contributed by atoms with Crippen molar-refractivity contribution in [2.24, 2.45) is 0 Å². The molecule has 1 aromatic heterocycles. The van der Waals surface area contributed by atoms with Crippen molar-refractivity contribution in [3.8, 4) is 11.1 Å². The van der Waals surface area contributed by atoms with Crippen LogP contribution in [0.3, 0.4) is 0 Å². The molecule has 2 aromatic rings. The van der Waals surface area contributed by atoms with E-state index in [1.165, 1.54) is 11.1 Å². The van der Waals surface area contributed by atoms with E-state index < -0.39 is 0 Å². The molecule has 0 spiro atoms. The first-order chi connectivity index (χ1) is 6.77. The first-order valence-electron chi connectivity index (χ1n) is 4.44. The standard InChI is InChI=1S/C12H10BrN/c1-9-2-4-10(5-3-9)11-8-14-7-6-12(11)13/h2-8H,1H3. The zero-order valence-corrected chi connectivity index (χ0v) is 9.45. The molecule has 2 rings (SSSR count). The second-order valence-corrected chi connectivity index (χ2v) is 4.08. The second kappa shape index (κ2) is 3.93. The minimum Gasteiger partial charge on any atom is -0.264 e. The number of hydrogen-bond acceptors (Lipinski definition) is 1. The summed E-state index contributed by atoms with van der Waals surface area (Å²) < 4.78 is 1.08. The van der Waals surface area contributed by atoms with E-state index in [0.29, 0.717) is 0 Å². The molecule has 0 unspecified atom stereocenters. The summed E-state index contributed by atoms with van der Waals surface area (Å²) in [6.45, 7) is 2.09. The fourth-order valence-electron chi connectivity index (χ4n) is 1.32.